The molecule has 1 aliphatic heterocycles. The predicted molar refractivity (Wildman–Crippen MR) is 145 cm³/mol. The van der Waals surface area contributed by atoms with E-state index >= 15 is 0 Å². The summed E-state index contributed by atoms with van der Waals surface area (Å²) >= 11 is 0. The minimum Gasteiger partial charge on any atom is -0.492 e. The first-order valence-electron chi connectivity index (χ1n) is 13.1. The Hall–Kier alpha value is -2.62. The van der Waals surface area contributed by atoms with E-state index in [1.54, 1.807) is 0 Å². The van der Waals surface area contributed by atoms with Crippen molar-refractivity contribution in [2.75, 3.05) is 39.5 Å². The van der Waals surface area contributed by atoms with Gasteiger partial charge < -0.3 is 9.47 Å². The highest BCUT2D eigenvalue weighted by Crippen LogP contribution is 2.47. The Morgan fingerprint density at radius 1 is 0.743 bits per heavy atom. The summed E-state index contributed by atoms with van der Waals surface area (Å²) in [5.41, 5.74) is 8.24. The molecule has 0 spiro atoms. The molecule has 1 saturated heterocycles. The lowest BCUT2D eigenvalue weighted by Crippen LogP contribution is -2.38. The molecule has 3 nitrogen and oxygen atoms in total. The first kappa shape index (κ1) is 24.1. The zero-order valence-electron chi connectivity index (χ0n) is 21.8. The Bertz CT molecular complexity index is 1160. The molecule has 1 aliphatic carbocycles. The fourth-order valence-electron chi connectivity index (χ4n) is 5.56. The highest BCUT2D eigenvalue weighted by molar-refractivity contribution is 5.78. The van der Waals surface area contributed by atoms with Crippen molar-refractivity contribution in [1.29, 1.82) is 0 Å². The molecule has 0 unspecified atom stereocenters. The van der Waals surface area contributed by atoms with Crippen LogP contribution in [0.2, 0.25) is 0 Å². The fraction of sp³-hybridized carbons (Fsp3) is 0.438. The molecular formula is C32H39NO2. The van der Waals surface area contributed by atoms with Crippen LogP contribution in [0.5, 0.6) is 5.75 Å². The first-order chi connectivity index (χ1) is 16.8. The smallest absolute Gasteiger partial charge is 0.127 e. The lowest BCUT2D eigenvalue weighted by molar-refractivity contribution is 0.0323. The van der Waals surface area contributed by atoms with Gasteiger partial charge in [-0.1, -0.05) is 82.3 Å². The van der Waals surface area contributed by atoms with Crippen molar-refractivity contribution in [2.24, 2.45) is 0 Å². The summed E-state index contributed by atoms with van der Waals surface area (Å²) in [5.74, 6) is 0.964. The van der Waals surface area contributed by atoms with Gasteiger partial charge in [-0.15, -0.1) is 0 Å². The van der Waals surface area contributed by atoms with E-state index in [-0.39, 0.29) is 10.8 Å². The summed E-state index contributed by atoms with van der Waals surface area (Å²) < 4.78 is 11.9. The van der Waals surface area contributed by atoms with Crippen molar-refractivity contribution in [3.63, 3.8) is 0 Å². The van der Waals surface area contributed by atoms with E-state index in [0.29, 0.717) is 6.61 Å². The van der Waals surface area contributed by atoms with Crippen LogP contribution >= 0.6 is 0 Å². The van der Waals surface area contributed by atoms with Crippen molar-refractivity contribution in [3.8, 4) is 28.0 Å². The van der Waals surface area contributed by atoms with E-state index in [0.717, 1.165) is 38.6 Å². The second-order valence-corrected chi connectivity index (χ2v) is 11.4. The number of morpholine rings is 1. The van der Waals surface area contributed by atoms with E-state index < -0.39 is 0 Å². The van der Waals surface area contributed by atoms with Gasteiger partial charge in [0.2, 0.25) is 0 Å². The summed E-state index contributed by atoms with van der Waals surface area (Å²) in [4.78, 5) is 2.42. The maximum Gasteiger partial charge on any atom is 0.127 e. The Morgan fingerprint density at radius 2 is 1.43 bits per heavy atom. The van der Waals surface area contributed by atoms with Crippen LogP contribution < -0.4 is 4.74 Å². The molecule has 184 valence electrons. The predicted octanol–water partition coefficient (Wildman–Crippen LogP) is 7.08. The second-order valence-electron chi connectivity index (χ2n) is 11.4. The normalized spacial score (nSPS) is 19.2. The van der Waals surface area contributed by atoms with Gasteiger partial charge in [-0.05, 0) is 63.6 Å². The van der Waals surface area contributed by atoms with Gasteiger partial charge in [0.1, 0.15) is 12.4 Å². The number of rotatable bonds is 6. The van der Waals surface area contributed by atoms with Gasteiger partial charge in [0.15, 0.2) is 0 Å². The summed E-state index contributed by atoms with van der Waals surface area (Å²) in [5, 5.41) is 0. The van der Waals surface area contributed by atoms with Gasteiger partial charge in [0.05, 0.1) is 13.2 Å². The molecule has 3 aromatic carbocycles. The van der Waals surface area contributed by atoms with Gasteiger partial charge in [-0.2, -0.15) is 0 Å². The second kappa shape index (κ2) is 9.79. The topological polar surface area (TPSA) is 21.7 Å². The third-order valence-corrected chi connectivity index (χ3v) is 8.02. The van der Waals surface area contributed by atoms with Crippen LogP contribution in [0.3, 0.4) is 0 Å². The SMILES string of the molecule is CC1(C)CCC(C)(C)c2cc(-c3cc(-c4ccccc4)ccc3OCCN3CCOCC3)ccc21. The molecule has 0 aromatic heterocycles. The van der Waals surface area contributed by atoms with Crippen LogP contribution in [0.25, 0.3) is 22.3 Å². The van der Waals surface area contributed by atoms with E-state index in [9.17, 15) is 0 Å². The van der Waals surface area contributed by atoms with Gasteiger partial charge in [-0.25, -0.2) is 0 Å². The third-order valence-electron chi connectivity index (χ3n) is 8.02. The highest BCUT2D eigenvalue weighted by atomic mass is 16.5. The van der Waals surface area contributed by atoms with Gasteiger partial charge >= 0.3 is 0 Å². The van der Waals surface area contributed by atoms with Crippen molar-refractivity contribution in [2.45, 2.75) is 51.4 Å². The molecule has 1 heterocycles. The fourth-order valence-corrected chi connectivity index (χ4v) is 5.56. The molecule has 0 amide bonds. The maximum atomic E-state index is 6.44. The standard InChI is InChI=1S/C32H39NO2/c1-31(2)14-15-32(3,4)29-23-26(10-12-28(29)31)27-22-25(24-8-6-5-7-9-24)11-13-30(27)35-21-18-33-16-19-34-20-17-33/h5-13,22-23H,14-21H2,1-4H3. The number of hydrogen-bond acceptors (Lipinski definition) is 3. The molecule has 1 fully saturated rings. The van der Waals surface area contributed by atoms with Gasteiger partial charge in [-0.3, -0.25) is 4.90 Å². The number of nitrogens with zero attached hydrogens (tertiary/aromatic N) is 1. The minimum absolute atomic E-state index is 0.176. The Morgan fingerprint density at radius 3 is 2.17 bits per heavy atom. The van der Waals surface area contributed by atoms with Crippen LogP contribution in [0, 0.1) is 0 Å². The zero-order valence-corrected chi connectivity index (χ0v) is 21.8. The molecule has 0 bridgehead atoms. The lowest BCUT2D eigenvalue weighted by atomic mass is 9.63. The molecule has 2 aliphatic rings. The minimum atomic E-state index is 0.176. The molecule has 0 atom stereocenters. The zero-order chi connectivity index (χ0) is 24.5. The highest BCUT2D eigenvalue weighted by Gasteiger charge is 2.37. The van der Waals surface area contributed by atoms with Crippen LogP contribution in [0.4, 0.5) is 0 Å². The molecule has 35 heavy (non-hydrogen) atoms. The number of fused-ring (bicyclic) bond motifs is 1. The van der Waals surface area contributed by atoms with Crippen molar-refractivity contribution in [1.82, 2.24) is 4.90 Å². The van der Waals surface area contributed by atoms with Crippen LogP contribution in [-0.4, -0.2) is 44.4 Å². The molecular weight excluding hydrogens is 430 g/mol. The number of hydrogen-bond donors (Lipinski definition) is 0. The summed E-state index contributed by atoms with van der Waals surface area (Å²) in [6.45, 7) is 14.8. The number of benzene rings is 3. The molecule has 5 rings (SSSR count). The quantitative estimate of drug-likeness (QED) is 0.385. The Labute approximate surface area is 211 Å². The van der Waals surface area contributed by atoms with Crippen LogP contribution in [-0.2, 0) is 15.6 Å². The van der Waals surface area contributed by atoms with E-state index in [1.165, 1.54) is 46.2 Å². The summed E-state index contributed by atoms with van der Waals surface area (Å²) in [7, 11) is 0. The van der Waals surface area contributed by atoms with E-state index in [4.69, 9.17) is 9.47 Å². The third kappa shape index (κ3) is 5.17. The average Bonchev–Trinajstić information content (AvgIpc) is 2.88. The van der Waals surface area contributed by atoms with Gasteiger partial charge in [0.25, 0.3) is 0 Å². The molecule has 3 heteroatoms. The van der Waals surface area contributed by atoms with Crippen molar-refractivity contribution >= 4 is 0 Å². The van der Waals surface area contributed by atoms with Crippen molar-refractivity contribution in [3.05, 3.63) is 77.9 Å². The number of ether oxygens (including phenoxy) is 2. The van der Waals surface area contributed by atoms with Gasteiger partial charge in [0, 0.05) is 25.2 Å². The Balaban J connectivity index is 1.51. The average molecular weight is 470 g/mol. The van der Waals surface area contributed by atoms with Crippen LogP contribution in [0.15, 0.2) is 66.7 Å². The maximum absolute atomic E-state index is 6.44. The molecule has 3 aromatic rings. The monoisotopic (exact) mass is 469 g/mol. The van der Waals surface area contributed by atoms with E-state index in [2.05, 4.69) is 99.3 Å². The first-order valence-corrected chi connectivity index (χ1v) is 13.1. The van der Waals surface area contributed by atoms with Crippen molar-refractivity contribution < 1.29 is 9.47 Å². The molecule has 0 saturated carbocycles. The summed E-state index contributed by atoms with van der Waals surface area (Å²) in [6.07, 6.45) is 2.44. The van der Waals surface area contributed by atoms with Crippen LogP contribution in [0.1, 0.15) is 51.7 Å². The molecule has 0 radical (unpaired) electrons. The largest absolute Gasteiger partial charge is 0.492 e. The Kier molecular flexibility index (Phi) is 6.74. The lowest BCUT2D eigenvalue weighted by Gasteiger charge is -2.42. The molecule has 0 N–H and O–H groups in total. The summed E-state index contributed by atoms with van der Waals surface area (Å²) in [6, 6.07) is 24.4. The van der Waals surface area contributed by atoms with E-state index in [1.807, 2.05) is 0 Å².